The molecule has 4 aliphatic rings. The summed E-state index contributed by atoms with van der Waals surface area (Å²) in [6.45, 7) is 1.99. The summed E-state index contributed by atoms with van der Waals surface area (Å²) in [7, 11) is 0. The lowest BCUT2D eigenvalue weighted by Crippen LogP contribution is -2.56. The Kier molecular flexibility index (Phi) is 4.35. The van der Waals surface area contributed by atoms with Gasteiger partial charge in [-0.2, -0.15) is 5.10 Å². The van der Waals surface area contributed by atoms with Gasteiger partial charge in [0.25, 0.3) is 5.56 Å². The number of hydrogen-bond donors (Lipinski definition) is 1. The molecule has 1 aromatic rings. The monoisotopic (exact) mass is 383 g/mol. The quantitative estimate of drug-likeness (QED) is 0.867. The van der Waals surface area contributed by atoms with E-state index in [0.717, 1.165) is 22.4 Å². The van der Waals surface area contributed by atoms with E-state index in [1.807, 2.05) is 0 Å². The summed E-state index contributed by atoms with van der Waals surface area (Å²) >= 11 is 11.6. The molecule has 5 rings (SSSR count). The van der Waals surface area contributed by atoms with Gasteiger partial charge in [-0.1, -0.05) is 23.2 Å². The standard InChI is InChI=1S/C18H23Cl2N3O2/c1-10(18-5-11-2-12(6-18)4-13(3-11)7-18)22-15(24)9-23-17(25)16(20)14(19)8-21-23/h8,10-13H,2-7,9H2,1H3,(H,22,24)/t10-,11?,12?,13?,18?/m1/s1. The van der Waals surface area contributed by atoms with Gasteiger partial charge in [0.15, 0.2) is 0 Å². The van der Waals surface area contributed by atoms with Crippen LogP contribution in [-0.4, -0.2) is 21.7 Å². The van der Waals surface area contributed by atoms with Crippen LogP contribution < -0.4 is 10.9 Å². The molecule has 7 heteroatoms. The van der Waals surface area contributed by atoms with Crippen LogP contribution in [0.4, 0.5) is 0 Å². The zero-order chi connectivity index (χ0) is 17.8. The van der Waals surface area contributed by atoms with Crippen molar-refractivity contribution in [1.82, 2.24) is 15.1 Å². The molecule has 4 aliphatic carbocycles. The van der Waals surface area contributed by atoms with Crippen LogP contribution in [0.2, 0.25) is 10.0 Å². The molecule has 1 N–H and O–H groups in total. The van der Waals surface area contributed by atoms with Crippen LogP contribution >= 0.6 is 23.2 Å². The van der Waals surface area contributed by atoms with E-state index in [-0.39, 0.29) is 34.0 Å². The van der Waals surface area contributed by atoms with Gasteiger partial charge in [-0.05, 0) is 68.6 Å². The molecule has 4 saturated carbocycles. The molecule has 0 radical (unpaired) electrons. The maximum absolute atomic E-state index is 12.5. The number of nitrogens with one attached hydrogen (secondary N) is 1. The van der Waals surface area contributed by atoms with Gasteiger partial charge in [0, 0.05) is 6.04 Å². The van der Waals surface area contributed by atoms with Crippen molar-refractivity contribution in [2.24, 2.45) is 23.2 Å². The molecule has 1 atom stereocenters. The van der Waals surface area contributed by atoms with Gasteiger partial charge in [-0.15, -0.1) is 0 Å². The zero-order valence-corrected chi connectivity index (χ0v) is 15.8. The fourth-order valence-electron chi connectivity index (χ4n) is 5.84. The molecule has 1 aromatic heterocycles. The van der Waals surface area contributed by atoms with E-state index in [1.54, 1.807) is 0 Å². The zero-order valence-electron chi connectivity index (χ0n) is 14.3. The molecule has 0 spiro atoms. The van der Waals surface area contributed by atoms with E-state index in [0.29, 0.717) is 0 Å². The van der Waals surface area contributed by atoms with Gasteiger partial charge in [0.2, 0.25) is 5.91 Å². The van der Waals surface area contributed by atoms with E-state index in [2.05, 4.69) is 17.3 Å². The third-order valence-corrected chi connectivity index (χ3v) is 7.37. The number of halogens is 2. The first-order valence-corrected chi connectivity index (χ1v) is 9.82. The third-order valence-electron chi connectivity index (χ3n) is 6.62. The lowest BCUT2D eigenvalue weighted by Gasteiger charge is -2.59. The average Bonchev–Trinajstić information content (AvgIpc) is 2.54. The van der Waals surface area contributed by atoms with Crippen molar-refractivity contribution in [1.29, 1.82) is 0 Å². The van der Waals surface area contributed by atoms with Crippen LogP contribution in [0.3, 0.4) is 0 Å². The first-order chi connectivity index (χ1) is 11.9. The van der Waals surface area contributed by atoms with E-state index >= 15 is 0 Å². The minimum Gasteiger partial charge on any atom is -0.351 e. The van der Waals surface area contributed by atoms with Crippen molar-refractivity contribution in [3.63, 3.8) is 0 Å². The number of carbonyl (C=O) groups is 1. The predicted molar refractivity (Wildman–Crippen MR) is 96.7 cm³/mol. The van der Waals surface area contributed by atoms with Crippen molar-refractivity contribution in [2.75, 3.05) is 0 Å². The molecular formula is C18H23Cl2N3O2. The molecule has 4 bridgehead atoms. The number of amides is 1. The summed E-state index contributed by atoms with van der Waals surface area (Å²) < 4.78 is 1.07. The number of nitrogens with zero attached hydrogens (tertiary/aromatic N) is 2. The largest absolute Gasteiger partial charge is 0.351 e. The molecular weight excluding hydrogens is 361 g/mol. The van der Waals surface area contributed by atoms with Crippen molar-refractivity contribution in [2.45, 2.75) is 58.0 Å². The number of rotatable bonds is 4. The predicted octanol–water partition coefficient (Wildman–Crippen LogP) is 3.27. The Labute approximate surface area is 157 Å². The van der Waals surface area contributed by atoms with Crippen LogP contribution in [-0.2, 0) is 11.3 Å². The van der Waals surface area contributed by atoms with Gasteiger partial charge in [-0.25, -0.2) is 4.68 Å². The Balaban J connectivity index is 1.45. The third kappa shape index (κ3) is 3.10. The summed E-state index contributed by atoms with van der Waals surface area (Å²) in [6, 6.07) is 0.117. The SMILES string of the molecule is C[C@@H](NC(=O)Cn1ncc(Cl)c(Cl)c1=O)C12CC3CC(CC(C3)C1)C2. The Morgan fingerprint density at radius 3 is 2.40 bits per heavy atom. The summed E-state index contributed by atoms with van der Waals surface area (Å²) in [4.78, 5) is 24.5. The molecule has 0 saturated heterocycles. The Bertz CT molecular complexity index is 726. The number of hydrogen-bond acceptors (Lipinski definition) is 3. The Hall–Kier alpha value is -1.07. The van der Waals surface area contributed by atoms with Crippen molar-refractivity contribution < 1.29 is 4.79 Å². The van der Waals surface area contributed by atoms with Gasteiger partial charge in [0.05, 0.1) is 11.2 Å². The molecule has 0 aromatic carbocycles. The summed E-state index contributed by atoms with van der Waals surface area (Å²) in [5, 5.41) is 7.04. The second-order valence-corrected chi connectivity index (χ2v) is 9.12. The van der Waals surface area contributed by atoms with Crippen LogP contribution in [0.1, 0.15) is 45.4 Å². The average molecular weight is 384 g/mol. The molecule has 0 aliphatic heterocycles. The van der Waals surface area contributed by atoms with Crippen LogP contribution in [0.25, 0.3) is 0 Å². The van der Waals surface area contributed by atoms with Gasteiger partial charge in [0.1, 0.15) is 11.6 Å². The second kappa shape index (κ2) is 6.27. The molecule has 0 unspecified atom stereocenters. The first kappa shape index (κ1) is 17.3. The maximum atomic E-state index is 12.5. The molecule has 5 nitrogen and oxygen atoms in total. The van der Waals surface area contributed by atoms with E-state index in [4.69, 9.17) is 23.2 Å². The van der Waals surface area contributed by atoms with Crippen molar-refractivity contribution >= 4 is 29.1 Å². The highest BCUT2D eigenvalue weighted by molar-refractivity contribution is 6.41. The molecule has 136 valence electrons. The molecule has 1 heterocycles. The minimum atomic E-state index is -0.535. The van der Waals surface area contributed by atoms with Gasteiger partial charge >= 0.3 is 0 Å². The first-order valence-electron chi connectivity index (χ1n) is 9.07. The Morgan fingerprint density at radius 1 is 1.28 bits per heavy atom. The Morgan fingerprint density at radius 2 is 1.84 bits per heavy atom. The smallest absolute Gasteiger partial charge is 0.287 e. The fraction of sp³-hybridized carbons (Fsp3) is 0.722. The lowest BCUT2D eigenvalue weighted by molar-refractivity contribution is -0.126. The highest BCUT2D eigenvalue weighted by atomic mass is 35.5. The molecule has 1 amide bonds. The number of carbonyl (C=O) groups excluding carboxylic acids is 1. The number of aromatic nitrogens is 2. The van der Waals surface area contributed by atoms with Gasteiger partial charge in [-0.3, -0.25) is 9.59 Å². The minimum absolute atomic E-state index is 0.0985. The highest BCUT2D eigenvalue weighted by Gasteiger charge is 2.53. The lowest BCUT2D eigenvalue weighted by atomic mass is 9.48. The van der Waals surface area contributed by atoms with Crippen molar-refractivity contribution in [3.8, 4) is 0 Å². The summed E-state index contributed by atoms with van der Waals surface area (Å²) in [5.41, 5.74) is -0.299. The molecule has 4 fully saturated rings. The molecule has 25 heavy (non-hydrogen) atoms. The topological polar surface area (TPSA) is 64.0 Å². The van der Waals surface area contributed by atoms with E-state index in [1.165, 1.54) is 44.7 Å². The van der Waals surface area contributed by atoms with Gasteiger partial charge < -0.3 is 5.32 Å². The van der Waals surface area contributed by atoms with E-state index in [9.17, 15) is 9.59 Å². The second-order valence-electron chi connectivity index (χ2n) is 8.34. The van der Waals surface area contributed by atoms with E-state index < -0.39 is 5.56 Å². The van der Waals surface area contributed by atoms with Crippen LogP contribution in [0.5, 0.6) is 0 Å². The van der Waals surface area contributed by atoms with Crippen LogP contribution in [0, 0.1) is 23.2 Å². The fourth-order valence-corrected chi connectivity index (χ4v) is 6.11. The maximum Gasteiger partial charge on any atom is 0.287 e. The summed E-state index contributed by atoms with van der Waals surface area (Å²) in [6.07, 6.45) is 9.11. The normalized spacial score (nSPS) is 34.1. The van der Waals surface area contributed by atoms with Crippen LogP contribution in [0.15, 0.2) is 11.0 Å². The summed E-state index contributed by atoms with van der Waals surface area (Å²) in [5.74, 6) is 2.32. The highest BCUT2D eigenvalue weighted by Crippen LogP contribution is 2.61. The van der Waals surface area contributed by atoms with Crippen molar-refractivity contribution in [3.05, 3.63) is 26.6 Å².